The summed E-state index contributed by atoms with van der Waals surface area (Å²) in [6, 6.07) is 20.5. The van der Waals surface area contributed by atoms with Gasteiger partial charge in [-0.15, -0.1) is 0 Å². The van der Waals surface area contributed by atoms with Crippen LogP contribution in [0.3, 0.4) is 0 Å². The summed E-state index contributed by atoms with van der Waals surface area (Å²) < 4.78 is 0. The van der Waals surface area contributed by atoms with Gasteiger partial charge in [0.2, 0.25) is 0 Å². The van der Waals surface area contributed by atoms with Crippen molar-refractivity contribution in [1.82, 2.24) is 4.98 Å². The Morgan fingerprint density at radius 2 is 0.903 bits per heavy atom. The third kappa shape index (κ3) is 9.18. The molecule has 2 aromatic carbocycles. The third-order valence-corrected chi connectivity index (χ3v) is 4.37. The van der Waals surface area contributed by atoms with Gasteiger partial charge < -0.3 is 37.2 Å². The van der Waals surface area contributed by atoms with Crippen molar-refractivity contribution >= 4 is 22.8 Å². The number of aryl methyl sites for hydroxylation is 3. The smallest absolute Gasteiger partial charge is 0.0852 e. The van der Waals surface area contributed by atoms with E-state index in [4.69, 9.17) is 15.0 Å². The standard InChI is InChI=1S/C24H25N3.3ClH.V/c1-16-6-10-21(11-7-16)25-19(4)23-14-18(3)15-24(27-23)20(5)26-22-12-8-17(2)9-13-22;;;;/h6-15H,1-5H3;3*1H;/p-3. The van der Waals surface area contributed by atoms with Crippen LogP contribution in [0.4, 0.5) is 11.4 Å². The molecular formula is C24H25Cl3N3V-3. The molecule has 0 aliphatic rings. The summed E-state index contributed by atoms with van der Waals surface area (Å²) in [6.07, 6.45) is 0. The van der Waals surface area contributed by atoms with Crippen molar-refractivity contribution in [2.24, 2.45) is 9.98 Å². The van der Waals surface area contributed by atoms with E-state index in [0.717, 1.165) is 39.7 Å². The van der Waals surface area contributed by atoms with Crippen LogP contribution in [0.1, 0.15) is 41.9 Å². The van der Waals surface area contributed by atoms with E-state index in [1.165, 1.54) is 11.1 Å². The van der Waals surface area contributed by atoms with Crippen LogP contribution in [-0.2, 0) is 18.6 Å². The minimum Gasteiger partial charge on any atom is -1.00 e. The zero-order valence-electron chi connectivity index (χ0n) is 18.2. The molecule has 165 valence electrons. The summed E-state index contributed by atoms with van der Waals surface area (Å²) in [6.45, 7) is 10.2. The Balaban J connectivity index is 0. The monoisotopic (exact) mass is 511 g/mol. The molecule has 0 aliphatic carbocycles. The largest absolute Gasteiger partial charge is 1.00 e. The first-order chi connectivity index (χ1) is 12.9. The van der Waals surface area contributed by atoms with Gasteiger partial charge in [-0.05, 0) is 76.6 Å². The number of nitrogens with zero attached hydrogens (tertiary/aromatic N) is 3. The van der Waals surface area contributed by atoms with Crippen LogP contribution < -0.4 is 37.2 Å². The molecule has 1 heterocycles. The van der Waals surface area contributed by atoms with E-state index in [1.807, 2.05) is 38.1 Å². The number of aromatic nitrogens is 1. The Bertz CT molecular complexity index is 935. The second-order valence-electron chi connectivity index (χ2n) is 6.98. The van der Waals surface area contributed by atoms with Crippen LogP contribution in [-0.4, -0.2) is 16.4 Å². The van der Waals surface area contributed by atoms with E-state index in [2.05, 4.69) is 57.2 Å². The maximum Gasteiger partial charge on any atom is 0.0852 e. The number of rotatable bonds is 4. The fourth-order valence-electron chi connectivity index (χ4n) is 2.78. The molecule has 0 unspecified atom stereocenters. The second kappa shape index (κ2) is 14.4. The van der Waals surface area contributed by atoms with Crippen molar-refractivity contribution < 1.29 is 55.8 Å². The fraction of sp³-hybridized carbons (Fsp3) is 0.208. The van der Waals surface area contributed by atoms with E-state index >= 15 is 0 Å². The normalized spacial score (nSPS) is 10.7. The van der Waals surface area contributed by atoms with Gasteiger partial charge in [0.1, 0.15) is 0 Å². The van der Waals surface area contributed by atoms with Crippen molar-refractivity contribution in [2.75, 3.05) is 0 Å². The van der Waals surface area contributed by atoms with E-state index in [9.17, 15) is 0 Å². The molecule has 0 fully saturated rings. The fourth-order valence-corrected chi connectivity index (χ4v) is 2.78. The number of halogens is 3. The van der Waals surface area contributed by atoms with Gasteiger partial charge in [-0.3, -0.25) is 9.98 Å². The third-order valence-electron chi connectivity index (χ3n) is 4.37. The Hall–Kier alpha value is -1.62. The predicted octanol–water partition coefficient (Wildman–Crippen LogP) is -2.70. The van der Waals surface area contributed by atoms with E-state index in [0.29, 0.717) is 0 Å². The molecule has 0 amide bonds. The van der Waals surface area contributed by atoms with Crippen molar-refractivity contribution in [3.05, 3.63) is 88.7 Å². The summed E-state index contributed by atoms with van der Waals surface area (Å²) in [7, 11) is 0. The molecule has 0 bridgehead atoms. The van der Waals surface area contributed by atoms with Gasteiger partial charge in [0, 0.05) is 18.6 Å². The summed E-state index contributed by atoms with van der Waals surface area (Å²) in [4.78, 5) is 14.2. The molecule has 0 N–H and O–H groups in total. The van der Waals surface area contributed by atoms with Crippen molar-refractivity contribution in [2.45, 2.75) is 34.6 Å². The zero-order chi connectivity index (χ0) is 19.4. The minimum absolute atomic E-state index is 0. The molecule has 1 aromatic heterocycles. The van der Waals surface area contributed by atoms with Crippen LogP contribution in [0.25, 0.3) is 0 Å². The van der Waals surface area contributed by atoms with Gasteiger partial charge in [-0.1, -0.05) is 35.4 Å². The maximum atomic E-state index is 4.80. The van der Waals surface area contributed by atoms with Gasteiger partial charge >= 0.3 is 0 Å². The van der Waals surface area contributed by atoms with Crippen LogP contribution in [0.2, 0.25) is 0 Å². The first kappa shape index (κ1) is 31.6. The second-order valence-corrected chi connectivity index (χ2v) is 6.98. The first-order valence-corrected chi connectivity index (χ1v) is 9.14. The molecule has 3 aromatic rings. The molecule has 0 spiro atoms. The van der Waals surface area contributed by atoms with Gasteiger partial charge in [-0.25, -0.2) is 4.98 Å². The molecule has 0 saturated heterocycles. The van der Waals surface area contributed by atoms with E-state index < -0.39 is 0 Å². The van der Waals surface area contributed by atoms with Crippen LogP contribution in [0.5, 0.6) is 0 Å². The molecule has 31 heavy (non-hydrogen) atoms. The number of hydrogen-bond acceptors (Lipinski definition) is 3. The molecular weight excluding hydrogens is 488 g/mol. The Morgan fingerprint density at radius 3 is 1.23 bits per heavy atom. The zero-order valence-corrected chi connectivity index (χ0v) is 21.9. The van der Waals surface area contributed by atoms with Crippen molar-refractivity contribution in [1.29, 1.82) is 0 Å². The van der Waals surface area contributed by atoms with Gasteiger partial charge in [0.25, 0.3) is 0 Å². The number of benzene rings is 2. The predicted molar refractivity (Wildman–Crippen MR) is 115 cm³/mol. The molecule has 0 aliphatic heterocycles. The summed E-state index contributed by atoms with van der Waals surface area (Å²) >= 11 is 0. The quantitative estimate of drug-likeness (QED) is 0.351. The number of aliphatic imine (C=N–C) groups is 2. The van der Waals surface area contributed by atoms with Gasteiger partial charge in [0.15, 0.2) is 0 Å². The van der Waals surface area contributed by atoms with Crippen LogP contribution in [0, 0.1) is 20.8 Å². The summed E-state index contributed by atoms with van der Waals surface area (Å²) in [5.41, 5.74) is 9.02. The Kier molecular flexibility index (Phi) is 14.7. The Morgan fingerprint density at radius 1 is 0.581 bits per heavy atom. The minimum atomic E-state index is 0. The van der Waals surface area contributed by atoms with E-state index in [1.54, 1.807) is 0 Å². The Labute approximate surface area is 216 Å². The molecule has 3 nitrogen and oxygen atoms in total. The topological polar surface area (TPSA) is 37.6 Å². The molecule has 0 atom stereocenters. The SMILES string of the molecule is CC(=Nc1ccc(C)cc1)c1cc(C)cc(C(C)=Nc2ccc(C)cc2)n1.[Cl-].[Cl-].[Cl-].[V]. The molecule has 0 saturated carbocycles. The van der Waals surface area contributed by atoms with Crippen molar-refractivity contribution in [3.8, 4) is 0 Å². The average molecular weight is 513 g/mol. The summed E-state index contributed by atoms with van der Waals surface area (Å²) in [5.74, 6) is 0. The van der Waals surface area contributed by atoms with Crippen LogP contribution in [0.15, 0.2) is 70.6 Å². The van der Waals surface area contributed by atoms with E-state index in [-0.39, 0.29) is 55.8 Å². The first-order valence-electron chi connectivity index (χ1n) is 9.14. The van der Waals surface area contributed by atoms with Crippen molar-refractivity contribution in [3.63, 3.8) is 0 Å². The molecule has 7 heteroatoms. The maximum absolute atomic E-state index is 4.80. The van der Waals surface area contributed by atoms with Gasteiger partial charge in [-0.2, -0.15) is 0 Å². The van der Waals surface area contributed by atoms with Crippen LogP contribution >= 0.6 is 0 Å². The van der Waals surface area contributed by atoms with Gasteiger partial charge in [0.05, 0.1) is 34.2 Å². The number of pyridine rings is 1. The molecule has 3 rings (SSSR count). The summed E-state index contributed by atoms with van der Waals surface area (Å²) in [5, 5.41) is 0. The molecule has 1 radical (unpaired) electrons. The number of hydrogen-bond donors (Lipinski definition) is 0. The average Bonchev–Trinajstić information content (AvgIpc) is 2.65.